The smallest absolute Gasteiger partial charge is 0.0593 e. The van der Waals surface area contributed by atoms with Crippen molar-refractivity contribution in [1.29, 1.82) is 0 Å². The average molecular weight is 238 g/mol. The fourth-order valence-corrected chi connectivity index (χ4v) is 2.46. The van der Waals surface area contributed by atoms with Crippen LogP contribution in [0.1, 0.15) is 46.0 Å². The maximum absolute atomic E-state index is 5.96. The lowest BCUT2D eigenvalue weighted by atomic mass is 9.85. The van der Waals surface area contributed by atoms with E-state index in [2.05, 4.69) is 24.1 Å². The van der Waals surface area contributed by atoms with Gasteiger partial charge in [-0.25, -0.2) is 0 Å². The van der Waals surface area contributed by atoms with Crippen molar-refractivity contribution in [2.45, 2.75) is 57.6 Å². The Labute approximate surface area is 105 Å². The molecular weight excluding hydrogens is 212 g/mol. The second-order valence-electron chi connectivity index (χ2n) is 4.82. The standard InChI is InChI=1S/C14H26N2O/c1-3-5-6-9-16-14(12-15)8-10-17-13(11-14)7-4-2/h13,16H,4,6-12,15H2,1-2H3. The van der Waals surface area contributed by atoms with Gasteiger partial charge in [-0.2, -0.15) is 0 Å². The SMILES string of the molecule is CC#CCCNC1(CN)CCOC(CCC)C1. The van der Waals surface area contributed by atoms with E-state index in [4.69, 9.17) is 10.5 Å². The highest BCUT2D eigenvalue weighted by Crippen LogP contribution is 2.26. The van der Waals surface area contributed by atoms with Gasteiger partial charge in [0.2, 0.25) is 0 Å². The van der Waals surface area contributed by atoms with E-state index in [0.29, 0.717) is 12.6 Å². The molecular formula is C14H26N2O. The largest absolute Gasteiger partial charge is 0.378 e. The van der Waals surface area contributed by atoms with Crippen molar-refractivity contribution in [3.63, 3.8) is 0 Å². The topological polar surface area (TPSA) is 47.3 Å². The first-order valence-corrected chi connectivity index (χ1v) is 6.72. The fourth-order valence-electron chi connectivity index (χ4n) is 2.46. The lowest BCUT2D eigenvalue weighted by Crippen LogP contribution is -2.56. The third-order valence-corrected chi connectivity index (χ3v) is 3.48. The molecule has 1 aliphatic heterocycles. The second kappa shape index (κ2) is 7.71. The van der Waals surface area contributed by atoms with Crippen LogP contribution >= 0.6 is 0 Å². The summed E-state index contributed by atoms with van der Waals surface area (Å²) in [6.45, 7) is 6.53. The predicted molar refractivity (Wildman–Crippen MR) is 71.7 cm³/mol. The Morgan fingerprint density at radius 2 is 2.35 bits per heavy atom. The molecule has 1 rings (SSSR count). The molecule has 0 aromatic rings. The molecule has 0 aromatic carbocycles. The summed E-state index contributed by atoms with van der Waals surface area (Å²) in [7, 11) is 0. The number of nitrogens with two attached hydrogens (primary N) is 1. The van der Waals surface area contributed by atoms with Gasteiger partial charge >= 0.3 is 0 Å². The molecule has 3 nitrogen and oxygen atoms in total. The molecule has 2 atom stereocenters. The minimum absolute atomic E-state index is 0.0769. The summed E-state index contributed by atoms with van der Waals surface area (Å²) in [5, 5.41) is 3.60. The highest BCUT2D eigenvalue weighted by atomic mass is 16.5. The summed E-state index contributed by atoms with van der Waals surface area (Å²) in [5.41, 5.74) is 6.03. The van der Waals surface area contributed by atoms with Crippen LogP contribution in [0.2, 0.25) is 0 Å². The van der Waals surface area contributed by atoms with Crippen molar-refractivity contribution in [3.05, 3.63) is 0 Å². The molecule has 2 unspecified atom stereocenters. The number of hydrogen-bond donors (Lipinski definition) is 2. The molecule has 1 aliphatic rings. The van der Waals surface area contributed by atoms with Crippen LogP contribution in [0.3, 0.4) is 0 Å². The number of nitrogens with one attached hydrogen (secondary N) is 1. The van der Waals surface area contributed by atoms with Crippen molar-refractivity contribution in [2.24, 2.45) is 5.73 Å². The van der Waals surface area contributed by atoms with Gasteiger partial charge in [-0.1, -0.05) is 13.3 Å². The first kappa shape index (κ1) is 14.5. The van der Waals surface area contributed by atoms with Gasteiger partial charge < -0.3 is 15.8 Å². The van der Waals surface area contributed by atoms with Crippen LogP contribution in [-0.4, -0.2) is 31.3 Å². The zero-order valence-corrected chi connectivity index (χ0v) is 11.2. The van der Waals surface area contributed by atoms with E-state index in [1.807, 2.05) is 6.92 Å². The Balaban J connectivity index is 2.44. The molecule has 0 radical (unpaired) electrons. The Kier molecular flexibility index (Phi) is 6.57. The molecule has 0 aromatic heterocycles. The van der Waals surface area contributed by atoms with Crippen molar-refractivity contribution < 1.29 is 4.74 Å². The van der Waals surface area contributed by atoms with Crippen LogP contribution in [-0.2, 0) is 4.74 Å². The van der Waals surface area contributed by atoms with Crippen LogP contribution < -0.4 is 11.1 Å². The van der Waals surface area contributed by atoms with Crippen LogP contribution in [0.5, 0.6) is 0 Å². The Hall–Kier alpha value is -0.560. The maximum atomic E-state index is 5.96. The number of rotatable bonds is 6. The average Bonchev–Trinajstić information content (AvgIpc) is 2.36. The monoisotopic (exact) mass is 238 g/mol. The van der Waals surface area contributed by atoms with Gasteiger partial charge in [0.1, 0.15) is 0 Å². The zero-order chi connectivity index (χ0) is 12.6. The van der Waals surface area contributed by atoms with Crippen molar-refractivity contribution in [3.8, 4) is 11.8 Å². The third kappa shape index (κ3) is 4.67. The zero-order valence-electron chi connectivity index (χ0n) is 11.2. The minimum atomic E-state index is 0.0769. The number of ether oxygens (including phenoxy) is 1. The molecule has 17 heavy (non-hydrogen) atoms. The van der Waals surface area contributed by atoms with Gasteiger partial charge in [0, 0.05) is 31.7 Å². The quantitative estimate of drug-likeness (QED) is 0.546. The van der Waals surface area contributed by atoms with Gasteiger partial charge in [-0.05, 0) is 26.2 Å². The van der Waals surface area contributed by atoms with Gasteiger partial charge in [-0.3, -0.25) is 0 Å². The molecule has 0 aliphatic carbocycles. The summed E-state index contributed by atoms with van der Waals surface area (Å²) in [5.74, 6) is 6.00. The summed E-state index contributed by atoms with van der Waals surface area (Å²) >= 11 is 0. The Morgan fingerprint density at radius 3 is 3.00 bits per heavy atom. The minimum Gasteiger partial charge on any atom is -0.378 e. The van der Waals surface area contributed by atoms with Crippen LogP contribution in [0, 0.1) is 11.8 Å². The highest BCUT2D eigenvalue weighted by Gasteiger charge is 2.34. The third-order valence-electron chi connectivity index (χ3n) is 3.48. The van der Waals surface area contributed by atoms with E-state index in [0.717, 1.165) is 38.8 Å². The first-order valence-electron chi connectivity index (χ1n) is 6.72. The summed E-state index contributed by atoms with van der Waals surface area (Å²) in [4.78, 5) is 0. The summed E-state index contributed by atoms with van der Waals surface area (Å²) < 4.78 is 5.78. The predicted octanol–water partition coefficient (Wildman–Crippen LogP) is 1.67. The van der Waals surface area contributed by atoms with Crippen LogP contribution in [0.25, 0.3) is 0 Å². The van der Waals surface area contributed by atoms with Gasteiger partial charge in [0.15, 0.2) is 0 Å². The van der Waals surface area contributed by atoms with Gasteiger partial charge in [0.25, 0.3) is 0 Å². The molecule has 0 amide bonds. The second-order valence-corrected chi connectivity index (χ2v) is 4.82. The lowest BCUT2D eigenvalue weighted by molar-refractivity contribution is -0.0303. The molecule has 1 fully saturated rings. The summed E-state index contributed by atoms with van der Waals surface area (Å²) in [6, 6.07) is 0. The van der Waals surface area contributed by atoms with Gasteiger partial charge in [-0.15, -0.1) is 11.8 Å². The molecule has 3 N–H and O–H groups in total. The van der Waals surface area contributed by atoms with Gasteiger partial charge in [0.05, 0.1) is 6.10 Å². The van der Waals surface area contributed by atoms with E-state index in [9.17, 15) is 0 Å². The molecule has 98 valence electrons. The van der Waals surface area contributed by atoms with Crippen LogP contribution in [0.15, 0.2) is 0 Å². The van der Waals surface area contributed by atoms with Crippen molar-refractivity contribution >= 4 is 0 Å². The maximum Gasteiger partial charge on any atom is 0.0593 e. The van der Waals surface area contributed by atoms with E-state index < -0.39 is 0 Å². The van der Waals surface area contributed by atoms with E-state index in [1.165, 1.54) is 6.42 Å². The van der Waals surface area contributed by atoms with Crippen LogP contribution in [0.4, 0.5) is 0 Å². The van der Waals surface area contributed by atoms with E-state index >= 15 is 0 Å². The van der Waals surface area contributed by atoms with Crippen molar-refractivity contribution in [2.75, 3.05) is 19.7 Å². The van der Waals surface area contributed by atoms with E-state index in [1.54, 1.807) is 0 Å². The molecule has 0 spiro atoms. The van der Waals surface area contributed by atoms with Crippen molar-refractivity contribution in [1.82, 2.24) is 5.32 Å². The Bertz CT molecular complexity index is 267. The molecule has 1 saturated heterocycles. The van der Waals surface area contributed by atoms with E-state index in [-0.39, 0.29) is 5.54 Å². The molecule has 1 heterocycles. The Morgan fingerprint density at radius 1 is 1.53 bits per heavy atom. The highest BCUT2D eigenvalue weighted by molar-refractivity contribution is 4.98. The first-order chi connectivity index (χ1) is 8.26. The number of hydrogen-bond acceptors (Lipinski definition) is 3. The lowest BCUT2D eigenvalue weighted by Gasteiger charge is -2.41. The molecule has 3 heteroatoms. The molecule has 0 bridgehead atoms. The summed E-state index contributed by atoms with van der Waals surface area (Å²) in [6.07, 6.45) is 5.64. The normalized spacial score (nSPS) is 28.5. The molecule has 0 saturated carbocycles. The fraction of sp³-hybridized carbons (Fsp3) is 0.857.